The van der Waals surface area contributed by atoms with E-state index >= 15 is 0 Å². The molecule has 0 radical (unpaired) electrons. The lowest BCUT2D eigenvalue weighted by molar-refractivity contribution is 0.459. The second kappa shape index (κ2) is 5.83. The zero-order chi connectivity index (χ0) is 15.8. The van der Waals surface area contributed by atoms with Crippen molar-refractivity contribution in [2.75, 3.05) is 0 Å². The van der Waals surface area contributed by atoms with Crippen molar-refractivity contribution in [3.05, 3.63) is 71.8 Å². The van der Waals surface area contributed by atoms with E-state index in [0.29, 0.717) is 6.54 Å². The fraction of sp³-hybridized carbons (Fsp3) is 0.167. The standard InChI is InChI=1S/C18H16FN3S/c1-21-10-16(9-20-21)13-6-7-14(17(19)8-13)11-22-12-15-4-2-3-5-18(15)23-22/h2-10H,11-12H2,1H3. The van der Waals surface area contributed by atoms with Crippen LogP contribution in [0.2, 0.25) is 0 Å². The maximum absolute atomic E-state index is 14.5. The van der Waals surface area contributed by atoms with Gasteiger partial charge in [-0.25, -0.2) is 8.70 Å². The zero-order valence-corrected chi connectivity index (χ0v) is 13.6. The number of rotatable bonds is 3. The van der Waals surface area contributed by atoms with Gasteiger partial charge in [0.05, 0.1) is 6.20 Å². The first kappa shape index (κ1) is 14.5. The molecule has 3 nitrogen and oxygen atoms in total. The van der Waals surface area contributed by atoms with Gasteiger partial charge < -0.3 is 0 Å². The van der Waals surface area contributed by atoms with Gasteiger partial charge in [-0.3, -0.25) is 4.68 Å². The molecule has 0 amide bonds. The highest BCUT2D eigenvalue weighted by Gasteiger charge is 2.20. The van der Waals surface area contributed by atoms with Gasteiger partial charge in [0.25, 0.3) is 0 Å². The molecule has 0 atom stereocenters. The molecule has 4 rings (SSSR count). The Morgan fingerprint density at radius 2 is 2.04 bits per heavy atom. The number of benzene rings is 2. The van der Waals surface area contributed by atoms with Crippen LogP contribution in [0.25, 0.3) is 11.1 Å². The van der Waals surface area contributed by atoms with Gasteiger partial charge in [-0.2, -0.15) is 5.10 Å². The van der Waals surface area contributed by atoms with Crippen LogP contribution in [-0.4, -0.2) is 14.1 Å². The Kier molecular flexibility index (Phi) is 3.67. The number of fused-ring (bicyclic) bond motifs is 1. The first-order chi connectivity index (χ1) is 11.2. The van der Waals surface area contributed by atoms with Crippen LogP contribution < -0.4 is 0 Å². The molecular weight excluding hydrogens is 309 g/mol. The van der Waals surface area contributed by atoms with Gasteiger partial charge in [0.15, 0.2) is 0 Å². The molecule has 0 fully saturated rings. The summed E-state index contributed by atoms with van der Waals surface area (Å²) in [4.78, 5) is 1.26. The lowest BCUT2D eigenvalue weighted by Gasteiger charge is -2.14. The number of hydrogen-bond acceptors (Lipinski definition) is 3. The molecule has 2 aromatic carbocycles. The quantitative estimate of drug-likeness (QED) is 0.672. The molecule has 1 aliphatic rings. The van der Waals surface area contributed by atoms with E-state index in [-0.39, 0.29) is 5.82 Å². The Labute approximate surface area is 138 Å². The van der Waals surface area contributed by atoms with Crippen LogP contribution in [0.4, 0.5) is 4.39 Å². The largest absolute Gasteiger partial charge is 0.275 e. The molecule has 0 saturated carbocycles. The molecule has 3 aromatic rings. The summed E-state index contributed by atoms with van der Waals surface area (Å²) >= 11 is 1.70. The van der Waals surface area contributed by atoms with E-state index < -0.39 is 0 Å². The lowest BCUT2D eigenvalue weighted by Crippen LogP contribution is -2.10. The van der Waals surface area contributed by atoms with E-state index in [1.807, 2.05) is 37.5 Å². The second-order valence-corrected chi connectivity index (χ2v) is 6.84. The molecular formula is C18H16FN3S. The Balaban J connectivity index is 1.52. The number of aryl methyl sites for hydroxylation is 1. The van der Waals surface area contributed by atoms with Crippen LogP contribution in [-0.2, 0) is 20.1 Å². The Hall–Kier alpha value is -2.11. The van der Waals surface area contributed by atoms with Crippen molar-refractivity contribution in [3.8, 4) is 11.1 Å². The zero-order valence-electron chi connectivity index (χ0n) is 12.7. The monoisotopic (exact) mass is 325 g/mol. The number of aromatic nitrogens is 2. The third-order valence-electron chi connectivity index (χ3n) is 3.98. The van der Waals surface area contributed by atoms with E-state index in [1.54, 1.807) is 28.9 Å². The van der Waals surface area contributed by atoms with Crippen molar-refractivity contribution >= 4 is 11.9 Å². The third kappa shape index (κ3) is 2.90. The summed E-state index contributed by atoms with van der Waals surface area (Å²) in [6.45, 7) is 1.45. The molecule has 0 unspecified atom stereocenters. The van der Waals surface area contributed by atoms with Crippen LogP contribution in [0.15, 0.2) is 59.8 Å². The number of halogens is 1. The summed E-state index contributed by atoms with van der Waals surface area (Å²) in [6, 6.07) is 13.8. The maximum atomic E-state index is 14.5. The van der Waals surface area contributed by atoms with Crippen LogP contribution in [0.1, 0.15) is 11.1 Å². The Morgan fingerprint density at radius 3 is 2.78 bits per heavy atom. The first-order valence-electron chi connectivity index (χ1n) is 7.47. The molecule has 23 heavy (non-hydrogen) atoms. The molecule has 0 saturated heterocycles. The molecule has 0 spiro atoms. The Bertz CT molecular complexity index is 834. The normalized spacial score (nSPS) is 14.2. The second-order valence-electron chi connectivity index (χ2n) is 5.71. The summed E-state index contributed by atoms with van der Waals surface area (Å²) in [5.41, 5.74) is 3.82. The molecule has 0 bridgehead atoms. The van der Waals surface area contributed by atoms with Crippen molar-refractivity contribution in [3.63, 3.8) is 0 Å². The van der Waals surface area contributed by atoms with Gasteiger partial charge in [-0.05, 0) is 35.2 Å². The van der Waals surface area contributed by atoms with Crippen molar-refractivity contribution < 1.29 is 4.39 Å². The van der Waals surface area contributed by atoms with Crippen molar-refractivity contribution in [2.45, 2.75) is 18.0 Å². The average molecular weight is 325 g/mol. The summed E-state index contributed by atoms with van der Waals surface area (Å²) in [5, 5.41) is 4.13. The lowest BCUT2D eigenvalue weighted by atomic mass is 10.1. The molecule has 0 aliphatic carbocycles. The summed E-state index contributed by atoms with van der Waals surface area (Å²) in [6.07, 6.45) is 3.64. The Morgan fingerprint density at radius 1 is 1.17 bits per heavy atom. The van der Waals surface area contributed by atoms with E-state index in [9.17, 15) is 4.39 Å². The van der Waals surface area contributed by atoms with Crippen LogP contribution in [0.3, 0.4) is 0 Å². The highest BCUT2D eigenvalue weighted by atomic mass is 32.2. The van der Waals surface area contributed by atoms with Crippen LogP contribution in [0.5, 0.6) is 0 Å². The minimum absolute atomic E-state index is 0.164. The fourth-order valence-electron chi connectivity index (χ4n) is 2.79. The first-order valence-corrected chi connectivity index (χ1v) is 8.24. The molecule has 1 aliphatic heterocycles. The van der Waals surface area contributed by atoms with Crippen LogP contribution >= 0.6 is 11.9 Å². The predicted molar refractivity (Wildman–Crippen MR) is 90.1 cm³/mol. The van der Waals surface area contributed by atoms with Crippen LogP contribution in [0, 0.1) is 5.82 Å². The summed E-state index contributed by atoms with van der Waals surface area (Å²) in [5.74, 6) is -0.164. The van der Waals surface area contributed by atoms with Gasteiger partial charge in [0.1, 0.15) is 5.82 Å². The topological polar surface area (TPSA) is 21.1 Å². The summed E-state index contributed by atoms with van der Waals surface area (Å²) in [7, 11) is 1.86. The van der Waals surface area contributed by atoms with Gasteiger partial charge in [0.2, 0.25) is 0 Å². The SMILES string of the molecule is Cn1cc(-c2ccc(CN3Cc4ccccc4S3)c(F)c2)cn1. The van der Waals surface area contributed by atoms with E-state index in [0.717, 1.165) is 23.2 Å². The van der Waals surface area contributed by atoms with Gasteiger partial charge in [0, 0.05) is 42.4 Å². The molecule has 2 heterocycles. The van der Waals surface area contributed by atoms with Crippen molar-refractivity contribution in [2.24, 2.45) is 7.05 Å². The predicted octanol–water partition coefficient (Wildman–Crippen LogP) is 4.25. The van der Waals surface area contributed by atoms with E-state index in [1.165, 1.54) is 10.5 Å². The van der Waals surface area contributed by atoms with E-state index in [4.69, 9.17) is 0 Å². The molecule has 1 aromatic heterocycles. The molecule has 116 valence electrons. The van der Waals surface area contributed by atoms with Gasteiger partial charge in [-0.15, -0.1) is 0 Å². The average Bonchev–Trinajstić information content (AvgIpc) is 3.15. The highest BCUT2D eigenvalue weighted by Crippen LogP contribution is 2.37. The third-order valence-corrected chi connectivity index (χ3v) is 5.10. The maximum Gasteiger partial charge on any atom is 0.128 e. The number of hydrogen-bond donors (Lipinski definition) is 0. The fourth-order valence-corrected chi connectivity index (χ4v) is 3.86. The number of nitrogens with zero attached hydrogens (tertiary/aromatic N) is 3. The molecule has 5 heteroatoms. The molecule has 0 N–H and O–H groups in total. The van der Waals surface area contributed by atoms with Gasteiger partial charge >= 0.3 is 0 Å². The highest BCUT2D eigenvalue weighted by molar-refractivity contribution is 7.97. The van der Waals surface area contributed by atoms with Crippen molar-refractivity contribution in [1.29, 1.82) is 0 Å². The van der Waals surface area contributed by atoms with E-state index in [2.05, 4.69) is 21.5 Å². The minimum Gasteiger partial charge on any atom is -0.275 e. The minimum atomic E-state index is -0.164. The van der Waals surface area contributed by atoms with Crippen molar-refractivity contribution in [1.82, 2.24) is 14.1 Å². The smallest absolute Gasteiger partial charge is 0.128 e. The summed E-state index contributed by atoms with van der Waals surface area (Å²) < 4.78 is 18.4. The van der Waals surface area contributed by atoms with Gasteiger partial charge in [-0.1, -0.05) is 30.3 Å².